The molecule has 0 radical (unpaired) electrons. The second-order valence-electron chi connectivity index (χ2n) is 4.99. The smallest absolute Gasteiger partial charge is 0.310 e. The molecule has 0 unspecified atom stereocenters. The van der Waals surface area contributed by atoms with E-state index in [1.807, 2.05) is 31.2 Å². The summed E-state index contributed by atoms with van der Waals surface area (Å²) in [4.78, 5) is 14.8. The van der Waals surface area contributed by atoms with E-state index in [2.05, 4.69) is 15.2 Å². The molecule has 0 bridgehead atoms. The van der Waals surface area contributed by atoms with Crippen LogP contribution in [0.5, 0.6) is 5.75 Å². The van der Waals surface area contributed by atoms with E-state index in [1.165, 1.54) is 6.07 Å². The highest BCUT2D eigenvalue weighted by atomic mass is 16.6. The minimum atomic E-state index is -0.478. The van der Waals surface area contributed by atoms with Crippen LogP contribution in [-0.4, -0.2) is 20.1 Å². The summed E-state index contributed by atoms with van der Waals surface area (Å²) in [6.45, 7) is 2.07. The number of hydrogen-bond acceptors (Lipinski definition) is 5. The number of aromatic amines is 1. The fourth-order valence-electron chi connectivity index (χ4n) is 2.15. The van der Waals surface area contributed by atoms with Crippen LogP contribution >= 0.6 is 0 Å². The highest BCUT2D eigenvalue weighted by molar-refractivity contribution is 5.55. The normalized spacial score (nSPS) is 10.5. The average molecular weight is 310 g/mol. The Hall–Kier alpha value is -3.22. The molecular formula is C16H14N4O3. The lowest BCUT2D eigenvalue weighted by molar-refractivity contribution is -0.385. The molecule has 3 aromatic rings. The van der Waals surface area contributed by atoms with Gasteiger partial charge in [-0.15, -0.1) is 0 Å². The molecule has 0 saturated carbocycles. The summed E-state index contributed by atoms with van der Waals surface area (Å²) in [6.07, 6.45) is 0. The first-order valence-electron chi connectivity index (χ1n) is 6.98. The first kappa shape index (κ1) is 14.7. The predicted octanol–water partition coefficient (Wildman–Crippen LogP) is 3.27. The molecule has 7 heteroatoms. The monoisotopic (exact) mass is 310 g/mol. The van der Waals surface area contributed by atoms with E-state index in [4.69, 9.17) is 4.74 Å². The van der Waals surface area contributed by atoms with Crippen LogP contribution in [0.25, 0.3) is 11.4 Å². The third kappa shape index (κ3) is 3.34. The molecule has 2 aromatic carbocycles. The van der Waals surface area contributed by atoms with E-state index in [9.17, 15) is 10.1 Å². The van der Waals surface area contributed by atoms with Gasteiger partial charge >= 0.3 is 5.69 Å². The van der Waals surface area contributed by atoms with Gasteiger partial charge in [0.15, 0.2) is 17.4 Å². The zero-order valence-corrected chi connectivity index (χ0v) is 12.4. The third-order valence-electron chi connectivity index (χ3n) is 3.23. The highest BCUT2D eigenvalue weighted by Gasteiger charge is 2.14. The number of aryl methyl sites for hydroxylation is 1. The van der Waals surface area contributed by atoms with Gasteiger partial charge in [0.05, 0.1) is 4.92 Å². The van der Waals surface area contributed by atoms with Gasteiger partial charge in [-0.05, 0) is 19.1 Å². The number of aromatic nitrogens is 3. The van der Waals surface area contributed by atoms with Gasteiger partial charge in [0.25, 0.3) is 0 Å². The maximum absolute atomic E-state index is 10.9. The number of nitrogens with zero attached hydrogens (tertiary/aromatic N) is 3. The van der Waals surface area contributed by atoms with Crippen molar-refractivity contribution in [3.8, 4) is 17.1 Å². The first-order chi connectivity index (χ1) is 11.1. The SMILES string of the molecule is Cc1cccc(-c2n[nH]c(COc3ccccc3[N+](=O)[O-])n2)c1. The molecular weight excluding hydrogens is 296 g/mol. The minimum Gasteiger partial charge on any atom is -0.479 e. The fourth-order valence-corrected chi connectivity index (χ4v) is 2.15. The van der Waals surface area contributed by atoms with Crippen molar-refractivity contribution in [2.24, 2.45) is 0 Å². The van der Waals surface area contributed by atoms with Crippen molar-refractivity contribution < 1.29 is 9.66 Å². The Balaban J connectivity index is 1.74. The van der Waals surface area contributed by atoms with E-state index >= 15 is 0 Å². The Bertz CT molecular complexity index is 845. The number of rotatable bonds is 5. The number of nitro groups is 1. The molecule has 0 aliphatic heterocycles. The predicted molar refractivity (Wildman–Crippen MR) is 84.0 cm³/mol. The Morgan fingerprint density at radius 2 is 2.04 bits per heavy atom. The topological polar surface area (TPSA) is 93.9 Å². The van der Waals surface area contributed by atoms with Crippen LogP contribution in [0, 0.1) is 17.0 Å². The van der Waals surface area contributed by atoms with Crippen LogP contribution in [0.2, 0.25) is 0 Å². The fraction of sp³-hybridized carbons (Fsp3) is 0.125. The maximum atomic E-state index is 10.9. The molecule has 3 rings (SSSR count). The van der Waals surface area contributed by atoms with E-state index in [0.717, 1.165) is 11.1 Å². The molecule has 0 spiro atoms. The molecule has 0 atom stereocenters. The first-order valence-corrected chi connectivity index (χ1v) is 6.98. The van der Waals surface area contributed by atoms with E-state index < -0.39 is 4.92 Å². The lowest BCUT2D eigenvalue weighted by atomic mass is 10.1. The van der Waals surface area contributed by atoms with Crippen LogP contribution in [-0.2, 0) is 6.61 Å². The van der Waals surface area contributed by atoms with Crippen molar-refractivity contribution in [2.75, 3.05) is 0 Å². The Labute approximate surface area is 132 Å². The van der Waals surface area contributed by atoms with Crippen molar-refractivity contribution in [3.63, 3.8) is 0 Å². The molecule has 0 saturated heterocycles. The van der Waals surface area contributed by atoms with Crippen molar-refractivity contribution in [1.29, 1.82) is 0 Å². The van der Waals surface area contributed by atoms with Crippen LogP contribution in [0.1, 0.15) is 11.4 Å². The van der Waals surface area contributed by atoms with E-state index in [-0.39, 0.29) is 18.0 Å². The number of ether oxygens (including phenoxy) is 1. The summed E-state index contributed by atoms with van der Waals surface area (Å²) >= 11 is 0. The maximum Gasteiger partial charge on any atom is 0.310 e. The highest BCUT2D eigenvalue weighted by Crippen LogP contribution is 2.26. The Morgan fingerprint density at radius 3 is 2.83 bits per heavy atom. The minimum absolute atomic E-state index is 0.0731. The second-order valence-corrected chi connectivity index (χ2v) is 4.99. The molecule has 0 aliphatic rings. The largest absolute Gasteiger partial charge is 0.479 e. The van der Waals surface area contributed by atoms with Crippen molar-refractivity contribution in [3.05, 3.63) is 70.0 Å². The lowest BCUT2D eigenvalue weighted by Crippen LogP contribution is -2.00. The van der Waals surface area contributed by atoms with Gasteiger partial charge in [0, 0.05) is 11.6 Å². The van der Waals surface area contributed by atoms with Crippen LogP contribution in [0.4, 0.5) is 5.69 Å². The zero-order chi connectivity index (χ0) is 16.2. The van der Waals surface area contributed by atoms with Crippen molar-refractivity contribution >= 4 is 5.69 Å². The summed E-state index contributed by atoms with van der Waals surface area (Å²) in [5, 5.41) is 17.9. The molecule has 1 N–H and O–H groups in total. The zero-order valence-electron chi connectivity index (χ0n) is 12.4. The number of benzene rings is 2. The molecule has 1 aromatic heterocycles. The van der Waals surface area contributed by atoms with E-state index in [0.29, 0.717) is 11.6 Å². The summed E-state index contributed by atoms with van der Waals surface area (Å²) in [6, 6.07) is 14.1. The quantitative estimate of drug-likeness (QED) is 0.576. The lowest BCUT2D eigenvalue weighted by Gasteiger charge is -2.03. The number of nitro benzene ring substituents is 1. The molecule has 0 amide bonds. The van der Waals surface area contributed by atoms with Gasteiger partial charge in [0.1, 0.15) is 6.61 Å². The Kier molecular flexibility index (Phi) is 4.01. The summed E-state index contributed by atoms with van der Waals surface area (Å²) in [7, 11) is 0. The summed E-state index contributed by atoms with van der Waals surface area (Å²) in [5.41, 5.74) is 1.94. The van der Waals surface area contributed by atoms with Gasteiger partial charge in [-0.1, -0.05) is 35.9 Å². The van der Waals surface area contributed by atoms with Crippen LogP contribution in [0.3, 0.4) is 0 Å². The second kappa shape index (κ2) is 6.27. The van der Waals surface area contributed by atoms with Gasteiger partial charge in [-0.25, -0.2) is 4.98 Å². The molecule has 23 heavy (non-hydrogen) atoms. The van der Waals surface area contributed by atoms with Gasteiger partial charge in [-0.3, -0.25) is 15.2 Å². The summed E-state index contributed by atoms with van der Waals surface area (Å²) < 4.78 is 5.48. The van der Waals surface area contributed by atoms with Gasteiger partial charge in [-0.2, -0.15) is 5.10 Å². The van der Waals surface area contributed by atoms with Crippen molar-refractivity contribution in [1.82, 2.24) is 15.2 Å². The molecule has 116 valence electrons. The van der Waals surface area contributed by atoms with Crippen LogP contribution < -0.4 is 4.74 Å². The Morgan fingerprint density at radius 1 is 1.22 bits per heavy atom. The number of hydrogen-bond donors (Lipinski definition) is 1. The third-order valence-corrected chi connectivity index (χ3v) is 3.23. The standard InChI is InChI=1S/C16H14N4O3/c1-11-5-4-6-12(9-11)16-17-15(18-19-16)10-23-14-8-3-2-7-13(14)20(21)22/h2-9H,10H2,1H3,(H,17,18,19). The van der Waals surface area contributed by atoms with Gasteiger partial charge < -0.3 is 4.74 Å². The average Bonchev–Trinajstić information content (AvgIpc) is 3.02. The molecule has 0 aliphatic carbocycles. The molecule has 0 fully saturated rings. The van der Waals surface area contributed by atoms with Gasteiger partial charge in [0.2, 0.25) is 0 Å². The van der Waals surface area contributed by atoms with Crippen LogP contribution in [0.15, 0.2) is 48.5 Å². The number of nitrogens with one attached hydrogen (secondary N) is 1. The number of para-hydroxylation sites is 2. The van der Waals surface area contributed by atoms with E-state index in [1.54, 1.807) is 18.2 Å². The number of H-pyrrole nitrogens is 1. The summed E-state index contributed by atoms with van der Waals surface area (Å²) in [5.74, 6) is 1.26. The molecule has 1 heterocycles. The van der Waals surface area contributed by atoms with Crippen molar-refractivity contribution in [2.45, 2.75) is 13.5 Å². The molecule has 7 nitrogen and oxygen atoms in total.